The van der Waals surface area contributed by atoms with Crippen LogP contribution in [-0.4, -0.2) is 26.9 Å². The zero-order chi connectivity index (χ0) is 13.1. The summed E-state index contributed by atoms with van der Waals surface area (Å²) in [7, 11) is 0.313. The second-order valence-electron chi connectivity index (χ2n) is 4.10. The van der Waals surface area contributed by atoms with Gasteiger partial charge >= 0.3 is 7.12 Å². The number of nitrogens with zero attached hydrogens (tertiary/aromatic N) is 2. The van der Waals surface area contributed by atoms with E-state index in [0.717, 1.165) is 11.4 Å². The van der Waals surface area contributed by atoms with E-state index in [4.69, 9.17) is 4.74 Å². The number of ether oxygens (including phenoxy) is 1. The molecule has 0 saturated heterocycles. The molecule has 0 atom stereocenters. The maximum Gasteiger partial charge on any atom is 0.492 e. The van der Waals surface area contributed by atoms with Gasteiger partial charge in [0, 0.05) is 12.5 Å². The van der Waals surface area contributed by atoms with E-state index in [2.05, 4.69) is 5.10 Å². The molecular formula is C12H15BN2O3. The molecule has 0 fully saturated rings. The van der Waals surface area contributed by atoms with Crippen LogP contribution in [0, 0.1) is 6.92 Å². The topological polar surface area (TPSA) is 67.5 Å². The van der Waals surface area contributed by atoms with Gasteiger partial charge in [-0.25, -0.2) is 0 Å². The molecule has 1 aromatic carbocycles. The Bertz CT molecular complexity index is 540. The van der Waals surface area contributed by atoms with Gasteiger partial charge in [0.1, 0.15) is 12.4 Å². The molecule has 0 saturated carbocycles. The summed E-state index contributed by atoms with van der Waals surface area (Å²) >= 11 is 0. The number of para-hydroxylation sites is 1. The Balaban J connectivity index is 2.13. The molecule has 0 bridgehead atoms. The van der Waals surface area contributed by atoms with Crippen LogP contribution < -0.4 is 10.2 Å². The highest BCUT2D eigenvalue weighted by molar-refractivity contribution is 6.59. The fraction of sp³-hybridized carbons (Fsp3) is 0.250. The summed E-state index contributed by atoms with van der Waals surface area (Å²) in [5.41, 5.74) is 2.21. The van der Waals surface area contributed by atoms with E-state index >= 15 is 0 Å². The Labute approximate surface area is 106 Å². The van der Waals surface area contributed by atoms with Crippen molar-refractivity contribution >= 4 is 12.6 Å². The summed E-state index contributed by atoms with van der Waals surface area (Å²) in [6, 6.07) is 8.77. The van der Waals surface area contributed by atoms with Crippen LogP contribution in [0.4, 0.5) is 0 Å². The zero-order valence-corrected chi connectivity index (χ0v) is 10.4. The van der Waals surface area contributed by atoms with Crippen molar-refractivity contribution < 1.29 is 14.8 Å². The second kappa shape index (κ2) is 5.24. The van der Waals surface area contributed by atoms with Crippen molar-refractivity contribution in [1.82, 2.24) is 9.78 Å². The molecule has 0 amide bonds. The maximum atomic E-state index is 9.22. The van der Waals surface area contributed by atoms with Crippen LogP contribution >= 0.6 is 0 Å². The van der Waals surface area contributed by atoms with Crippen molar-refractivity contribution in [3.05, 3.63) is 41.7 Å². The van der Waals surface area contributed by atoms with Crippen molar-refractivity contribution in [2.24, 2.45) is 7.05 Å². The van der Waals surface area contributed by atoms with Crippen LogP contribution in [0.15, 0.2) is 30.3 Å². The maximum absolute atomic E-state index is 9.22. The third-order valence-electron chi connectivity index (χ3n) is 2.67. The smallest absolute Gasteiger partial charge is 0.488 e. The molecule has 6 heteroatoms. The van der Waals surface area contributed by atoms with E-state index < -0.39 is 7.12 Å². The molecule has 2 N–H and O–H groups in total. The predicted octanol–water partition coefficient (Wildman–Crippen LogP) is -0.0127. The van der Waals surface area contributed by atoms with E-state index in [1.807, 2.05) is 20.0 Å². The minimum absolute atomic E-state index is 0.334. The highest BCUT2D eigenvalue weighted by Crippen LogP contribution is 2.11. The van der Waals surface area contributed by atoms with Crippen molar-refractivity contribution in [3.63, 3.8) is 0 Å². The Hall–Kier alpha value is -1.79. The Morgan fingerprint density at radius 1 is 1.33 bits per heavy atom. The standard InChI is InChI=1S/C12H15BN2O3/c1-9-7-10(15(2)14-9)8-18-12-6-4-3-5-11(12)13(16)17/h3-7,16-17H,8H2,1-2H3. The summed E-state index contributed by atoms with van der Waals surface area (Å²) in [5, 5.41) is 22.7. The highest BCUT2D eigenvalue weighted by atomic mass is 16.5. The monoisotopic (exact) mass is 246 g/mol. The lowest BCUT2D eigenvalue weighted by atomic mass is 9.79. The van der Waals surface area contributed by atoms with E-state index in [0.29, 0.717) is 17.8 Å². The summed E-state index contributed by atoms with van der Waals surface area (Å²) in [6.45, 7) is 2.25. The predicted molar refractivity (Wildman–Crippen MR) is 68.5 cm³/mol. The third-order valence-corrected chi connectivity index (χ3v) is 2.67. The van der Waals surface area contributed by atoms with Gasteiger partial charge in [-0.15, -0.1) is 0 Å². The second-order valence-corrected chi connectivity index (χ2v) is 4.10. The van der Waals surface area contributed by atoms with E-state index in [9.17, 15) is 10.0 Å². The normalized spacial score (nSPS) is 10.4. The first-order valence-corrected chi connectivity index (χ1v) is 5.65. The van der Waals surface area contributed by atoms with Crippen LogP contribution in [0.3, 0.4) is 0 Å². The molecule has 18 heavy (non-hydrogen) atoms. The molecular weight excluding hydrogens is 231 g/mol. The number of rotatable bonds is 4. The first kappa shape index (κ1) is 12.7. The van der Waals surface area contributed by atoms with Crippen LogP contribution in [0.2, 0.25) is 0 Å². The van der Waals surface area contributed by atoms with Crippen molar-refractivity contribution in [2.45, 2.75) is 13.5 Å². The van der Waals surface area contributed by atoms with Crippen molar-refractivity contribution in [1.29, 1.82) is 0 Å². The fourth-order valence-electron chi connectivity index (χ4n) is 1.78. The van der Waals surface area contributed by atoms with E-state index in [1.165, 1.54) is 0 Å². The van der Waals surface area contributed by atoms with Gasteiger partial charge in [-0.05, 0) is 19.1 Å². The van der Waals surface area contributed by atoms with Gasteiger partial charge in [0.05, 0.1) is 11.4 Å². The molecule has 0 spiro atoms. The molecule has 1 heterocycles. The van der Waals surface area contributed by atoms with Gasteiger partial charge in [-0.2, -0.15) is 5.10 Å². The molecule has 1 aromatic heterocycles. The SMILES string of the molecule is Cc1cc(COc2ccccc2B(O)O)n(C)n1. The molecule has 0 aliphatic carbocycles. The minimum Gasteiger partial charge on any atom is -0.488 e. The first-order chi connectivity index (χ1) is 8.58. The lowest BCUT2D eigenvalue weighted by Gasteiger charge is -2.10. The van der Waals surface area contributed by atoms with Gasteiger partial charge in [0.15, 0.2) is 0 Å². The third kappa shape index (κ3) is 2.72. The number of hydrogen-bond acceptors (Lipinski definition) is 4. The zero-order valence-electron chi connectivity index (χ0n) is 10.4. The number of aryl methyl sites for hydroxylation is 2. The Kier molecular flexibility index (Phi) is 3.69. The summed E-state index contributed by atoms with van der Waals surface area (Å²) in [4.78, 5) is 0. The van der Waals surface area contributed by atoms with Crippen molar-refractivity contribution in [2.75, 3.05) is 0 Å². The largest absolute Gasteiger partial charge is 0.492 e. The molecule has 94 valence electrons. The lowest BCUT2D eigenvalue weighted by Crippen LogP contribution is -2.31. The highest BCUT2D eigenvalue weighted by Gasteiger charge is 2.16. The van der Waals surface area contributed by atoms with Crippen molar-refractivity contribution in [3.8, 4) is 5.75 Å². The summed E-state index contributed by atoms with van der Waals surface area (Å²) in [6.07, 6.45) is 0. The van der Waals surface area contributed by atoms with Crippen LogP contribution in [0.5, 0.6) is 5.75 Å². The molecule has 2 rings (SSSR count). The van der Waals surface area contributed by atoms with Crippen LogP contribution in [0.1, 0.15) is 11.4 Å². The molecule has 0 aliphatic rings. The van der Waals surface area contributed by atoms with Gasteiger partial charge < -0.3 is 14.8 Å². The Morgan fingerprint density at radius 3 is 2.67 bits per heavy atom. The lowest BCUT2D eigenvalue weighted by molar-refractivity contribution is 0.295. The first-order valence-electron chi connectivity index (χ1n) is 5.65. The summed E-state index contributed by atoms with van der Waals surface area (Å²) < 4.78 is 7.34. The summed E-state index contributed by atoms with van der Waals surface area (Å²) in [5.74, 6) is 0.464. The average Bonchev–Trinajstić information content (AvgIpc) is 2.65. The van der Waals surface area contributed by atoms with E-state index in [1.54, 1.807) is 28.9 Å². The molecule has 0 unspecified atom stereocenters. The molecule has 5 nitrogen and oxygen atoms in total. The van der Waals surface area contributed by atoms with Gasteiger partial charge in [0.2, 0.25) is 0 Å². The van der Waals surface area contributed by atoms with Gasteiger partial charge in [-0.1, -0.05) is 18.2 Å². The molecule has 0 aliphatic heterocycles. The average molecular weight is 246 g/mol. The quantitative estimate of drug-likeness (QED) is 0.744. The van der Waals surface area contributed by atoms with Gasteiger partial charge in [-0.3, -0.25) is 4.68 Å². The van der Waals surface area contributed by atoms with Crippen LogP contribution in [-0.2, 0) is 13.7 Å². The Morgan fingerprint density at radius 2 is 2.06 bits per heavy atom. The van der Waals surface area contributed by atoms with E-state index in [-0.39, 0.29) is 0 Å². The van der Waals surface area contributed by atoms with Gasteiger partial charge in [0.25, 0.3) is 0 Å². The number of aromatic nitrogens is 2. The number of benzene rings is 1. The number of hydrogen-bond donors (Lipinski definition) is 2. The molecule has 0 radical (unpaired) electrons. The fourth-order valence-corrected chi connectivity index (χ4v) is 1.78. The van der Waals surface area contributed by atoms with Crippen LogP contribution in [0.25, 0.3) is 0 Å². The minimum atomic E-state index is -1.53. The molecule has 2 aromatic rings.